The molecule has 2 aliphatic heterocycles. The van der Waals surface area contributed by atoms with Crippen molar-refractivity contribution in [3.8, 4) is 0 Å². The lowest BCUT2D eigenvalue weighted by atomic mass is 10.1. The van der Waals surface area contributed by atoms with Crippen LogP contribution in [-0.2, 0) is 22.5 Å². The van der Waals surface area contributed by atoms with E-state index in [4.69, 9.17) is 9.15 Å². The molecule has 3 heterocycles. The standard InChI is InChI=1S/C20H24N2O3/c23-20(9-8-17-7-4-11-24-17)22-14-18-19(15-22)25-12-10-21(18)13-16-5-2-1-3-6-16/h1-7,11,18-19H,8-10,12-15H2. The molecule has 1 aromatic carbocycles. The Morgan fingerprint density at radius 2 is 2.00 bits per heavy atom. The lowest BCUT2D eigenvalue weighted by molar-refractivity contribution is -0.130. The SMILES string of the molecule is O=C(CCc1ccco1)N1CC2OCCN(Cc3ccccc3)C2C1. The third kappa shape index (κ3) is 3.78. The summed E-state index contributed by atoms with van der Waals surface area (Å²) < 4.78 is 11.3. The number of aryl methyl sites for hydroxylation is 1. The van der Waals surface area contributed by atoms with Crippen molar-refractivity contribution in [3.63, 3.8) is 0 Å². The fraction of sp³-hybridized carbons (Fsp3) is 0.450. The molecule has 0 radical (unpaired) electrons. The van der Waals surface area contributed by atoms with Crippen LogP contribution in [0.4, 0.5) is 0 Å². The molecular formula is C20H24N2O3. The molecule has 2 fully saturated rings. The highest BCUT2D eigenvalue weighted by Gasteiger charge is 2.41. The van der Waals surface area contributed by atoms with E-state index in [2.05, 4.69) is 29.2 Å². The molecule has 2 unspecified atom stereocenters. The summed E-state index contributed by atoms with van der Waals surface area (Å²) >= 11 is 0. The van der Waals surface area contributed by atoms with Gasteiger partial charge in [-0.2, -0.15) is 0 Å². The number of carbonyl (C=O) groups excluding carboxylic acids is 1. The molecule has 2 atom stereocenters. The van der Waals surface area contributed by atoms with Gasteiger partial charge in [0, 0.05) is 39.0 Å². The Hall–Kier alpha value is -2.11. The van der Waals surface area contributed by atoms with E-state index in [1.165, 1.54) is 5.56 Å². The first-order chi connectivity index (χ1) is 12.3. The highest BCUT2D eigenvalue weighted by molar-refractivity contribution is 5.76. The quantitative estimate of drug-likeness (QED) is 0.838. The van der Waals surface area contributed by atoms with Gasteiger partial charge in [0.1, 0.15) is 5.76 Å². The van der Waals surface area contributed by atoms with Gasteiger partial charge in [0.05, 0.1) is 25.0 Å². The third-order valence-corrected chi connectivity index (χ3v) is 5.16. The number of morpholine rings is 1. The first kappa shape index (κ1) is 16.4. The first-order valence-corrected chi connectivity index (χ1v) is 8.99. The van der Waals surface area contributed by atoms with Gasteiger partial charge in [-0.15, -0.1) is 0 Å². The number of likely N-dealkylation sites (tertiary alicyclic amines) is 1. The molecule has 0 aliphatic carbocycles. The Balaban J connectivity index is 1.36. The maximum atomic E-state index is 12.6. The van der Waals surface area contributed by atoms with Crippen LogP contribution in [0.1, 0.15) is 17.7 Å². The van der Waals surface area contributed by atoms with Crippen LogP contribution in [0, 0.1) is 0 Å². The van der Waals surface area contributed by atoms with Gasteiger partial charge in [-0.3, -0.25) is 9.69 Å². The molecular weight excluding hydrogens is 316 g/mol. The topological polar surface area (TPSA) is 45.9 Å². The van der Waals surface area contributed by atoms with E-state index >= 15 is 0 Å². The van der Waals surface area contributed by atoms with Gasteiger partial charge in [0.25, 0.3) is 0 Å². The number of ether oxygens (including phenoxy) is 1. The monoisotopic (exact) mass is 340 g/mol. The van der Waals surface area contributed by atoms with Gasteiger partial charge < -0.3 is 14.1 Å². The Kier molecular flexibility index (Phi) is 4.85. The van der Waals surface area contributed by atoms with Crippen LogP contribution in [0.25, 0.3) is 0 Å². The molecule has 5 heteroatoms. The highest BCUT2D eigenvalue weighted by atomic mass is 16.5. The Labute approximate surface area is 148 Å². The summed E-state index contributed by atoms with van der Waals surface area (Å²) in [5.41, 5.74) is 1.31. The number of amides is 1. The van der Waals surface area contributed by atoms with E-state index < -0.39 is 0 Å². The zero-order chi connectivity index (χ0) is 17.1. The number of carbonyl (C=O) groups is 1. The summed E-state index contributed by atoms with van der Waals surface area (Å²) in [5, 5.41) is 0. The summed E-state index contributed by atoms with van der Waals surface area (Å²) in [4.78, 5) is 17.0. The van der Waals surface area contributed by atoms with Gasteiger partial charge in [0.2, 0.25) is 5.91 Å². The second-order valence-corrected chi connectivity index (χ2v) is 6.81. The second-order valence-electron chi connectivity index (χ2n) is 6.81. The zero-order valence-corrected chi connectivity index (χ0v) is 14.3. The number of rotatable bonds is 5. The molecule has 2 aromatic rings. The van der Waals surface area contributed by atoms with Gasteiger partial charge in [0.15, 0.2) is 0 Å². The molecule has 25 heavy (non-hydrogen) atoms. The number of benzene rings is 1. The minimum absolute atomic E-state index is 0.130. The van der Waals surface area contributed by atoms with E-state index in [9.17, 15) is 4.79 Å². The van der Waals surface area contributed by atoms with Gasteiger partial charge in [-0.05, 0) is 17.7 Å². The molecule has 0 N–H and O–H groups in total. The van der Waals surface area contributed by atoms with Crippen molar-refractivity contribution < 1.29 is 13.9 Å². The van der Waals surface area contributed by atoms with Crippen molar-refractivity contribution in [2.45, 2.75) is 31.5 Å². The Bertz CT molecular complexity index is 686. The number of hydrogen-bond acceptors (Lipinski definition) is 4. The molecule has 2 aliphatic rings. The van der Waals surface area contributed by atoms with Crippen molar-refractivity contribution in [1.29, 1.82) is 0 Å². The van der Waals surface area contributed by atoms with Crippen LogP contribution in [-0.4, -0.2) is 54.1 Å². The fourth-order valence-corrected chi connectivity index (χ4v) is 3.82. The predicted molar refractivity (Wildman–Crippen MR) is 94.0 cm³/mol. The largest absolute Gasteiger partial charge is 0.469 e. The molecule has 0 bridgehead atoms. The summed E-state index contributed by atoms with van der Waals surface area (Å²) in [6, 6.07) is 14.6. The van der Waals surface area contributed by atoms with Crippen LogP contribution < -0.4 is 0 Å². The van der Waals surface area contributed by atoms with Crippen LogP contribution >= 0.6 is 0 Å². The van der Waals surface area contributed by atoms with Crippen LogP contribution in [0.5, 0.6) is 0 Å². The van der Waals surface area contributed by atoms with E-state index in [0.29, 0.717) is 25.4 Å². The van der Waals surface area contributed by atoms with Gasteiger partial charge in [-0.25, -0.2) is 0 Å². The fourth-order valence-electron chi connectivity index (χ4n) is 3.82. The number of fused-ring (bicyclic) bond motifs is 1. The summed E-state index contributed by atoms with van der Waals surface area (Å²) in [6.45, 7) is 4.04. The third-order valence-electron chi connectivity index (χ3n) is 5.16. The minimum atomic E-state index is 0.130. The number of furan rings is 1. The Morgan fingerprint density at radius 1 is 1.12 bits per heavy atom. The molecule has 5 nitrogen and oxygen atoms in total. The predicted octanol–water partition coefficient (Wildman–Crippen LogP) is 2.32. The molecule has 0 saturated carbocycles. The Morgan fingerprint density at radius 3 is 2.80 bits per heavy atom. The normalized spacial score (nSPS) is 23.6. The first-order valence-electron chi connectivity index (χ1n) is 8.99. The van der Waals surface area contributed by atoms with Crippen LogP contribution in [0.2, 0.25) is 0 Å². The van der Waals surface area contributed by atoms with E-state index in [0.717, 1.165) is 32.0 Å². The lowest BCUT2D eigenvalue weighted by Crippen LogP contribution is -2.50. The molecule has 4 rings (SSSR count). The molecule has 132 valence electrons. The van der Waals surface area contributed by atoms with Crippen molar-refractivity contribution in [2.24, 2.45) is 0 Å². The second kappa shape index (κ2) is 7.42. The van der Waals surface area contributed by atoms with Crippen molar-refractivity contribution in [2.75, 3.05) is 26.2 Å². The van der Waals surface area contributed by atoms with Crippen molar-refractivity contribution in [1.82, 2.24) is 9.80 Å². The maximum Gasteiger partial charge on any atom is 0.223 e. The van der Waals surface area contributed by atoms with E-state index in [-0.39, 0.29) is 12.0 Å². The van der Waals surface area contributed by atoms with E-state index in [1.807, 2.05) is 23.1 Å². The summed E-state index contributed by atoms with van der Waals surface area (Å²) in [7, 11) is 0. The van der Waals surface area contributed by atoms with Crippen molar-refractivity contribution in [3.05, 3.63) is 60.1 Å². The molecule has 0 spiro atoms. The lowest BCUT2D eigenvalue weighted by Gasteiger charge is -2.36. The maximum absolute atomic E-state index is 12.6. The summed E-state index contributed by atoms with van der Waals surface area (Å²) in [6.07, 6.45) is 2.93. The number of nitrogens with zero attached hydrogens (tertiary/aromatic N) is 2. The number of hydrogen-bond donors (Lipinski definition) is 0. The highest BCUT2D eigenvalue weighted by Crippen LogP contribution is 2.25. The molecule has 1 amide bonds. The average Bonchev–Trinajstić information content (AvgIpc) is 3.30. The smallest absolute Gasteiger partial charge is 0.223 e. The van der Waals surface area contributed by atoms with Crippen LogP contribution in [0.3, 0.4) is 0 Å². The van der Waals surface area contributed by atoms with Crippen molar-refractivity contribution >= 4 is 5.91 Å². The molecule has 1 aromatic heterocycles. The molecule has 2 saturated heterocycles. The van der Waals surface area contributed by atoms with Gasteiger partial charge >= 0.3 is 0 Å². The minimum Gasteiger partial charge on any atom is -0.469 e. The summed E-state index contributed by atoms with van der Waals surface area (Å²) in [5.74, 6) is 1.06. The average molecular weight is 340 g/mol. The van der Waals surface area contributed by atoms with Crippen LogP contribution in [0.15, 0.2) is 53.1 Å². The van der Waals surface area contributed by atoms with Gasteiger partial charge in [-0.1, -0.05) is 30.3 Å². The van der Waals surface area contributed by atoms with E-state index in [1.54, 1.807) is 6.26 Å². The zero-order valence-electron chi connectivity index (χ0n) is 14.3.